The molecule has 0 spiro atoms. The third-order valence-electron chi connectivity index (χ3n) is 4.09. The Kier molecular flexibility index (Phi) is 8.07. The smallest absolute Gasteiger partial charge is 0.237 e. The minimum atomic E-state index is -0.386. The van der Waals surface area contributed by atoms with Gasteiger partial charge in [0, 0.05) is 19.8 Å². The van der Waals surface area contributed by atoms with Crippen molar-refractivity contribution in [3.63, 3.8) is 0 Å². The number of amides is 1. The van der Waals surface area contributed by atoms with Crippen molar-refractivity contribution in [2.75, 3.05) is 13.7 Å². The molecule has 0 bridgehead atoms. The van der Waals surface area contributed by atoms with Gasteiger partial charge in [0.15, 0.2) is 0 Å². The van der Waals surface area contributed by atoms with Crippen molar-refractivity contribution >= 4 is 5.91 Å². The van der Waals surface area contributed by atoms with Crippen molar-refractivity contribution in [1.82, 2.24) is 5.32 Å². The summed E-state index contributed by atoms with van der Waals surface area (Å²) in [4.78, 5) is 11.9. The molecule has 1 fully saturated rings. The maximum Gasteiger partial charge on any atom is 0.237 e. The summed E-state index contributed by atoms with van der Waals surface area (Å²) in [6, 6.07) is -0.0439. The zero-order chi connectivity index (χ0) is 14.1. The molecule has 1 amide bonds. The van der Waals surface area contributed by atoms with Crippen molar-refractivity contribution in [3.05, 3.63) is 0 Å². The van der Waals surface area contributed by atoms with E-state index < -0.39 is 0 Å². The van der Waals surface area contributed by atoms with Crippen LogP contribution in [0, 0.1) is 5.92 Å². The summed E-state index contributed by atoms with van der Waals surface area (Å²) < 4.78 is 4.97. The van der Waals surface area contributed by atoms with Gasteiger partial charge in [-0.15, -0.1) is 0 Å². The number of carbonyl (C=O) groups is 1. The monoisotopic (exact) mass is 270 g/mol. The first kappa shape index (κ1) is 16.4. The lowest BCUT2D eigenvalue weighted by molar-refractivity contribution is -0.123. The fraction of sp³-hybridized carbons (Fsp3) is 0.933. The van der Waals surface area contributed by atoms with E-state index in [1.807, 2.05) is 0 Å². The first-order valence-electron chi connectivity index (χ1n) is 7.72. The van der Waals surface area contributed by atoms with Gasteiger partial charge in [0.1, 0.15) is 0 Å². The van der Waals surface area contributed by atoms with Gasteiger partial charge in [0.05, 0.1) is 6.04 Å². The number of hydrogen-bond donors (Lipinski definition) is 2. The number of hydrogen-bond acceptors (Lipinski definition) is 3. The second-order valence-electron chi connectivity index (χ2n) is 5.76. The van der Waals surface area contributed by atoms with Crippen molar-refractivity contribution < 1.29 is 9.53 Å². The summed E-state index contributed by atoms with van der Waals surface area (Å²) in [6.45, 7) is 2.91. The normalized spacial score (nSPS) is 25.0. The number of nitrogens with two attached hydrogens (primary N) is 1. The molecule has 0 aromatic carbocycles. The average Bonchev–Trinajstić information content (AvgIpc) is 2.41. The average molecular weight is 270 g/mol. The van der Waals surface area contributed by atoms with Gasteiger partial charge in [-0.2, -0.15) is 0 Å². The lowest BCUT2D eigenvalue weighted by Crippen LogP contribution is -2.46. The summed E-state index contributed by atoms with van der Waals surface area (Å²) >= 11 is 0. The molecule has 1 atom stereocenters. The van der Waals surface area contributed by atoms with Gasteiger partial charge in [0.25, 0.3) is 0 Å². The van der Waals surface area contributed by atoms with Crippen molar-refractivity contribution in [2.24, 2.45) is 11.7 Å². The van der Waals surface area contributed by atoms with Crippen LogP contribution in [0.15, 0.2) is 0 Å². The molecule has 1 rings (SSSR count). The third kappa shape index (κ3) is 6.39. The zero-order valence-electron chi connectivity index (χ0n) is 12.5. The molecule has 4 heteroatoms. The first-order chi connectivity index (χ1) is 9.17. The molecule has 0 radical (unpaired) electrons. The van der Waals surface area contributed by atoms with E-state index in [0.29, 0.717) is 19.1 Å². The van der Waals surface area contributed by atoms with E-state index in [2.05, 4.69) is 12.2 Å². The molecule has 0 aromatic rings. The molecular formula is C15H30N2O2. The molecule has 0 saturated heterocycles. The first-order valence-corrected chi connectivity index (χ1v) is 7.72. The summed E-state index contributed by atoms with van der Waals surface area (Å²) in [6.07, 6.45) is 8.86. The van der Waals surface area contributed by atoms with Crippen LogP contribution < -0.4 is 11.1 Å². The van der Waals surface area contributed by atoms with Crippen LogP contribution in [0.2, 0.25) is 0 Å². The van der Waals surface area contributed by atoms with Gasteiger partial charge in [-0.1, -0.05) is 19.8 Å². The predicted molar refractivity (Wildman–Crippen MR) is 77.9 cm³/mol. The summed E-state index contributed by atoms with van der Waals surface area (Å²) in [5.41, 5.74) is 5.88. The van der Waals surface area contributed by atoms with Crippen LogP contribution in [-0.4, -0.2) is 31.7 Å². The number of rotatable bonds is 8. The zero-order valence-corrected chi connectivity index (χ0v) is 12.5. The van der Waals surface area contributed by atoms with Gasteiger partial charge in [-0.05, 0) is 44.4 Å². The second kappa shape index (κ2) is 9.32. The van der Waals surface area contributed by atoms with Crippen LogP contribution >= 0.6 is 0 Å². The van der Waals surface area contributed by atoms with E-state index in [-0.39, 0.29) is 11.9 Å². The Bertz CT molecular complexity index is 251. The fourth-order valence-corrected chi connectivity index (χ4v) is 2.89. The molecule has 0 aromatic heterocycles. The largest absolute Gasteiger partial charge is 0.385 e. The van der Waals surface area contributed by atoms with E-state index in [9.17, 15) is 4.79 Å². The van der Waals surface area contributed by atoms with Crippen molar-refractivity contribution in [1.29, 1.82) is 0 Å². The lowest BCUT2D eigenvalue weighted by atomic mass is 9.83. The molecule has 0 heterocycles. The molecular weight excluding hydrogens is 240 g/mol. The maximum absolute atomic E-state index is 11.9. The highest BCUT2D eigenvalue weighted by Crippen LogP contribution is 2.27. The van der Waals surface area contributed by atoms with E-state index in [1.165, 1.54) is 25.7 Å². The van der Waals surface area contributed by atoms with Crippen LogP contribution in [0.5, 0.6) is 0 Å². The number of carbonyl (C=O) groups excluding carboxylic acids is 1. The van der Waals surface area contributed by atoms with E-state index in [1.54, 1.807) is 7.11 Å². The number of nitrogens with one attached hydrogen (secondary N) is 1. The molecule has 1 saturated carbocycles. The topological polar surface area (TPSA) is 64.4 Å². The van der Waals surface area contributed by atoms with E-state index >= 15 is 0 Å². The highest BCUT2D eigenvalue weighted by molar-refractivity contribution is 5.81. The SMILES string of the molecule is CCCC1CCC(NC(=O)C(N)CCCOC)CC1. The standard InChI is InChI=1S/C15H30N2O2/c1-3-5-12-7-9-13(10-8-12)17-15(18)14(16)6-4-11-19-2/h12-14H,3-11,16H2,1-2H3,(H,17,18). The molecule has 1 unspecified atom stereocenters. The van der Waals surface area contributed by atoms with Gasteiger partial charge < -0.3 is 15.8 Å². The molecule has 0 aliphatic heterocycles. The Balaban J connectivity index is 2.18. The van der Waals surface area contributed by atoms with Crippen LogP contribution in [0.25, 0.3) is 0 Å². The molecule has 3 N–H and O–H groups in total. The third-order valence-corrected chi connectivity index (χ3v) is 4.09. The number of ether oxygens (including phenoxy) is 1. The maximum atomic E-state index is 11.9. The Morgan fingerprint density at radius 1 is 1.37 bits per heavy atom. The van der Waals surface area contributed by atoms with Crippen LogP contribution in [0.1, 0.15) is 58.3 Å². The Morgan fingerprint density at radius 3 is 2.63 bits per heavy atom. The predicted octanol–water partition coefficient (Wildman–Crippen LogP) is 2.22. The quantitative estimate of drug-likeness (QED) is 0.665. The van der Waals surface area contributed by atoms with Crippen molar-refractivity contribution in [2.45, 2.75) is 70.4 Å². The summed E-state index contributed by atoms with van der Waals surface area (Å²) in [5, 5.41) is 3.10. The fourth-order valence-electron chi connectivity index (χ4n) is 2.89. The highest BCUT2D eigenvalue weighted by Gasteiger charge is 2.23. The Hall–Kier alpha value is -0.610. The minimum Gasteiger partial charge on any atom is -0.385 e. The molecule has 4 nitrogen and oxygen atoms in total. The van der Waals surface area contributed by atoms with Gasteiger partial charge in [0.2, 0.25) is 5.91 Å². The Morgan fingerprint density at radius 2 is 2.05 bits per heavy atom. The molecule has 19 heavy (non-hydrogen) atoms. The van der Waals surface area contributed by atoms with Crippen LogP contribution in [0.4, 0.5) is 0 Å². The van der Waals surface area contributed by atoms with E-state index in [0.717, 1.165) is 25.2 Å². The Labute approximate surface area is 117 Å². The van der Waals surface area contributed by atoms with Crippen LogP contribution in [-0.2, 0) is 9.53 Å². The number of methoxy groups -OCH3 is 1. The van der Waals surface area contributed by atoms with Gasteiger partial charge in [-0.25, -0.2) is 0 Å². The molecule has 112 valence electrons. The van der Waals surface area contributed by atoms with Gasteiger partial charge >= 0.3 is 0 Å². The minimum absolute atomic E-state index is 0.00930. The van der Waals surface area contributed by atoms with E-state index in [4.69, 9.17) is 10.5 Å². The second-order valence-corrected chi connectivity index (χ2v) is 5.76. The van der Waals surface area contributed by atoms with Gasteiger partial charge in [-0.3, -0.25) is 4.79 Å². The van der Waals surface area contributed by atoms with Crippen LogP contribution in [0.3, 0.4) is 0 Å². The highest BCUT2D eigenvalue weighted by atomic mass is 16.5. The summed E-state index contributed by atoms with van der Waals surface area (Å²) in [7, 11) is 1.67. The molecule has 1 aliphatic carbocycles. The summed E-state index contributed by atoms with van der Waals surface area (Å²) in [5.74, 6) is 0.878. The van der Waals surface area contributed by atoms with Crippen molar-refractivity contribution in [3.8, 4) is 0 Å². The lowest BCUT2D eigenvalue weighted by Gasteiger charge is -2.29. The molecule has 1 aliphatic rings.